The Bertz CT molecular complexity index is 961. The van der Waals surface area contributed by atoms with Gasteiger partial charge in [-0.1, -0.05) is 0 Å². The number of aliphatic carboxylic acids is 1. The van der Waals surface area contributed by atoms with Crippen molar-refractivity contribution in [3.63, 3.8) is 0 Å². The van der Waals surface area contributed by atoms with Crippen molar-refractivity contribution < 1.29 is 9.90 Å². The molecule has 0 aliphatic carbocycles. The highest BCUT2D eigenvalue weighted by molar-refractivity contribution is 5.73. The summed E-state index contributed by atoms with van der Waals surface area (Å²) in [4.78, 5) is 57.8. The lowest BCUT2D eigenvalue weighted by atomic mass is 10.2. The molecular formula is C11H13N7O5. The third-order valence-corrected chi connectivity index (χ3v) is 2.72. The minimum atomic E-state index is -1.01. The van der Waals surface area contributed by atoms with E-state index >= 15 is 0 Å². The Balaban J connectivity index is 0.000000168. The molecule has 3 aromatic rings. The number of nitrogens with one attached hydrogen (secondary N) is 5. The van der Waals surface area contributed by atoms with Crippen LogP contribution in [0.5, 0.6) is 0 Å². The van der Waals surface area contributed by atoms with Crippen molar-refractivity contribution in [1.29, 1.82) is 0 Å². The van der Waals surface area contributed by atoms with Gasteiger partial charge < -0.3 is 15.8 Å². The molecular weight excluding hydrogens is 310 g/mol. The Kier molecular flexibility index (Phi) is 4.56. The Morgan fingerprint density at radius 3 is 2.39 bits per heavy atom. The van der Waals surface area contributed by atoms with Crippen molar-refractivity contribution in [3.05, 3.63) is 49.5 Å². The summed E-state index contributed by atoms with van der Waals surface area (Å²) in [7, 11) is 0. The number of imidazole rings is 2. The number of aromatic amines is 5. The average molecular weight is 323 g/mol. The van der Waals surface area contributed by atoms with Crippen LogP contribution in [0.4, 0.5) is 0 Å². The van der Waals surface area contributed by atoms with Gasteiger partial charge in [0.1, 0.15) is 17.2 Å². The molecule has 0 aromatic carbocycles. The molecule has 3 rings (SSSR count). The second-order valence-corrected chi connectivity index (χ2v) is 4.45. The van der Waals surface area contributed by atoms with E-state index in [1.54, 1.807) is 6.20 Å². The number of hydrogen-bond acceptors (Lipinski definition) is 6. The molecule has 0 saturated heterocycles. The smallest absolute Gasteiger partial charge is 0.327 e. The number of rotatable bonds is 3. The first-order chi connectivity index (χ1) is 10.9. The summed E-state index contributed by atoms with van der Waals surface area (Å²) in [5.41, 5.74) is 4.27. The summed E-state index contributed by atoms with van der Waals surface area (Å²) >= 11 is 0. The Morgan fingerprint density at radius 1 is 1.17 bits per heavy atom. The molecule has 0 aliphatic rings. The summed E-state index contributed by atoms with van der Waals surface area (Å²) < 4.78 is 0. The number of nitrogens with zero attached hydrogens (tertiary/aromatic N) is 1. The number of carbonyl (C=O) groups is 1. The fraction of sp³-hybridized carbons (Fsp3) is 0.182. The van der Waals surface area contributed by atoms with E-state index in [-0.39, 0.29) is 17.6 Å². The molecule has 0 bridgehead atoms. The van der Waals surface area contributed by atoms with Gasteiger partial charge in [-0.05, 0) is 0 Å². The molecule has 1 atom stereocenters. The van der Waals surface area contributed by atoms with E-state index in [4.69, 9.17) is 10.8 Å². The molecule has 3 heterocycles. The van der Waals surface area contributed by atoms with E-state index in [0.29, 0.717) is 5.69 Å². The normalized spacial score (nSPS) is 11.7. The van der Waals surface area contributed by atoms with Crippen LogP contribution in [-0.2, 0) is 11.2 Å². The van der Waals surface area contributed by atoms with E-state index in [2.05, 4.69) is 24.9 Å². The number of nitrogens with two attached hydrogens (primary N) is 1. The van der Waals surface area contributed by atoms with Crippen molar-refractivity contribution in [1.82, 2.24) is 29.9 Å². The first-order valence-corrected chi connectivity index (χ1v) is 6.27. The minimum Gasteiger partial charge on any atom is -0.480 e. The fourth-order valence-electron chi connectivity index (χ4n) is 1.67. The molecule has 8 N–H and O–H groups in total. The number of carboxylic acids is 1. The summed E-state index contributed by atoms with van der Waals surface area (Å²) in [6.07, 6.45) is 3.38. The number of fused-ring (bicyclic) bond motifs is 1. The van der Waals surface area contributed by atoms with Crippen molar-refractivity contribution in [2.75, 3.05) is 0 Å². The standard InChI is InChI=1S/C6H9N3O2.C5H4N4O3/c7-5(6(10)11)1-4-2-8-3-9-4;10-3-1-2(7-4(11)6-1)8-5(12)9-3/h2-3,5H,1,7H2,(H,8,9)(H,10,11);(H4,6,7,8,9,10,11,12). The van der Waals surface area contributed by atoms with Crippen LogP contribution in [0, 0.1) is 0 Å². The van der Waals surface area contributed by atoms with Crippen LogP contribution < -0.4 is 22.7 Å². The fourth-order valence-corrected chi connectivity index (χ4v) is 1.67. The van der Waals surface area contributed by atoms with Gasteiger partial charge in [0.2, 0.25) is 0 Å². The van der Waals surface area contributed by atoms with Gasteiger partial charge in [-0.2, -0.15) is 0 Å². The number of hydrogen-bond donors (Lipinski definition) is 7. The van der Waals surface area contributed by atoms with Crippen LogP contribution in [-0.4, -0.2) is 47.0 Å². The van der Waals surface area contributed by atoms with Gasteiger partial charge in [-0.3, -0.25) is 29.5 Å². The van der Waals surface area contributed by atoms with Crippen LogP contribution in [0.3, 0.4) is 0 Å². The molecule has 0 saturated carbocycles. The zero-order valence-corrected chi connectivity index (χ0v) is 11.5. The second-order valence-electron chi connectivity index (χ2n) is 4.45. The predicted molar refractivity (Wildman–Crippen MR) is 78.1 cm³/mol. The monoisotopic (exact) mass is 323 g/mol. The maximum atomic E-state index is 10.9. The highest BCUT2D eigenvalue weighted by atomic mass is 16.4. The zero-order chi connectivity index (χ0) is 17.0. The lowest BCUT2D eigenvalue weighted by Crippen LogP contribution is -2.32. The van der Waals surface area contributed by atoms with E-state index in [9.17, 15) is 19.2 Å². The lowest BCUT2D eigenvalue weighted by Gasteiger charge is -2.01. The van der Waals surface area contributed by atoms with Crippen molar-refractivity contribution in [2.24, 2.45) is 5.73 Å². The molecule has 3 aromatic heterocycles. The van der Waals surface area contributed by atoms with Crippen molar-refractivity contribution >= 4 is 17.1 Å². The largest absolute Gasteiger partial charge is 0.480 e. The van der Waals surface area contributed by atoms with Gasteiger partial charge in [0.05, 0.1) is 12.0 Å². The van der Waals surface area contributed by atoms with E-state index in [1.165, 1.54) is 6.33 Å². The summed E-state index contributed by atoms with van der Waals surface area (Å²) in [5, 5.41) is 8.42. The van der Waals surface area contributed by atoms with Gasteiger partial charge in [0, 0.05) is 12.6 Å². The SMILES string of the molecule is NC(Cc1c[nH]cn1)C(=O)O.O=c1[nH]c(=O)c2[nH]c(=O)[nH]c2[nH]1. The summed E-state index contributed by atoms with van der Waals surface area (Å²) in [5.74, 6) is -1.01. The van der Waals surface area contributed by atoms with Gasteiger partial charge in [-0.15, -0.1) is 0 Å². The van der Waals surface area contributed by atoms with E-state index in [0.717, 1.165) is 0 Å². The predicted octanol–water partition coefficient (Wildman–Crippen LogP) is -2.40. The second kappa shape index (κ2) is 6.57. The van der Waals surface area contributed by atoms with Crippen LogP contribution in [0.15, 0.2) is 26.9 Å². The Labute approximate surface area is 125 Å². The van der Waals surface area contributed by atoms with Crippen LogP contribution in [0.1, 0.15) is 5.69 Å². The minimum absolute atomic E-state index is 0.0413. The molecule has 23 heavy (non-hydrogen) atoms. The summed E-state index contributed by atoms with van der Waals surface area (Å²) in [6, 6.07) is -0.863. The third-order valence-electron chi connectivity index (χ3n) is 2.72. The molecule has 122 valence electrons. The van der Waals surface area contributed by atoms with Crippen molar-refractivity contribution in [3.8, 4) is 0 Å². The molecule has 0 radical (unpaired) electrons. The highest BCUT2D eigenvalue weighted by Gasteiger charge is 2.12. The van der Waals surface area contributed by atoms with Gasteiger partial charge in [0.25, 0.3) is 5.56 Å². The quantitative estimate of drug-likeness (QED) is 0.277. The zero-order valence-electron chi connectivity index (χ0n) is 11.5. The number of aromatic nitrogens is 6. The van der Waals surface area contributed by atoms with Crippen LogP contribution in [0.25, 0.3) is 11.2 Å². The molecule has 0 amide bonds. The average Bonchev–Trinajstić information content (AvgIpc) is 3.08. The lowest BCUT2D eigenvalue weighted by molar-refractivity contribution is -0.138. The molecule has 12 nitrogen and oxygen atoms in total. The van der Waals surface area contributed by atoms with Crippen LogP contribution >= 0.6 is 0 Å². The number of H-pyrrole nitrogens is 5. The van der Waals surface area contributed by atoms with Gasteiger partial charge >= 0.3 is 17.3 Å². The van der Waals surface area contributed by atoms with Gasteiger partial charge in [-0.25, -0.2) is 14.6 Å². The molecule has 1 unspecified atom stereocenters. The van der Waals surface area contributed by atoms with E-state index in [1.807, 2.05) is 4.98 Å². The Morgan fingerprint density at radius 2 is 1.83 bits per heavy atom. The highest BCUT2D eigenvalue weighted by Crippen LogP contribution is 1.95. The topological polar surface area (TPSA) is 206 Å². The first-order valence-electron chi connectivity index (χ1n) is 6.27. The molecule has 12 heteroatoms. The van der Waals surface area contributed by atoms with Gasteiger partial charge in [0.15, 0.2) is 0 Å². The Hall–Kier alpha value is -3.41. The first kappa shape index (κ1) is 16.0. The van der Waals surface area contributed by atoms with Crippen molar-refractivity contribution in [2.45, 2.75) is 12.5 Å². The molecule has 0 fully saturated rings. The molecule has 0 spiro atoms. The van der Waals surface area contributed by atoms with E-state index < -0.39 is 28.9 Å². The molecule has 0 aliphatic heterocycles. The maximum Gasteiger partial charge on any atom is 0.327 e. The summed E-state index contributed by atoms with van der Waals surface area (Å²) in [6.45, 7) is 0. The van der Waals surface area contributed by atoms with Crippen LogP contribution in [0.2, 0.25) is 0 Å². The maximum absolute atomic E-state index is 10.9. The third kappa shape index (κ3) is 4.04. The number of carboxylic acid groups (broad SMARTS) is 1.